The van der Waals surface area contributed by atoms with E-state index in [4.69, 9.17) is 4.74 Å². The molecule has 2 aromatic heterocycles. The highest BCUT2D eigenvalue weighted by atomic mass is 16.5. The summed E-state index contributed by atoms with van der Waals surface area (Å²) in [6.45, 7) is -0.537. The Hall–Kier alpha value is -3.43. The van der Waals surface area contributed by atoms with Gasteiger partial charge < -0.3 is 25.2 Å². The van der Waals surface area contributed by atoms with Gasteiger partial charge in [0.1, 0.15) is 18.2 Å². The number of carbonyl (C=O) groups is 1. The van der Waals surface area contributed by atoms with Crippen LogP contribution in [-0.2, 0) is 4.74 Å². The molecule has 30 heavy (non-hydrogen) atoms. The van der Waals surface area contributed by atoms with E-state index in [0.29, 0.717) is 5.01 Å². The molecule has 1 aliphatic rings. The van der Waals surface area contributed by atoms with Gasteiger partial charge in [-0.05, 0) is 0 Å². The number of aliphatic imine (C=N–C) groups is 1. The number of carbonyl (C=O) groups excluding carboxylic acids is 1. The van der Waals surface area contributed by atoms with E-state index in [-0.39, 0.29) is 17.1 Å². The van der Waals surface area contributed by atoms with Crippen LogP contribution in [0.4, 0.5) is 10.7 Å². The number of hydrogen-bond donors (Lipinski definition) is 4. The van der Waals surface area contributed by atoms with Crippen LogP contribution in [0.5, 0.6) is 0 Å². The molecule has 15 nitrogen and oxygen atoms in total. The Kier molecular flexibility index (Phi) is 6.04. The Bertz CT molecular complexity index is 1020. The van der Waals surface area contributed by atoms with Crippen LogP contribution >= 0.6 is 0 Å². The molecule has 1 saturated heterocycles. The van der Waals surface area contributed by atoms with Crippen LogP contribution in [0.2, 0.25) is 0 Å². The predicted octanol–water partition coefficient (Wildman–Crippen LogP) is -1.72. The number of amides is 2. The Morgan fingerprint density at radius 3 is 2.83 bits per heavy atom. The maximum absolute atomic E-state index is 12.3. The standard InChI is InChI=1S/C15H21N9O6/c1-22(2)5-17-14-19-11-9(12(27)20-14)16-6-24(11)13-8(10(26)7(4-25)30-13)18-15(28)23(3)21-29/h5-8,10,13,25-26H,4H2,1-3H3,(H,18,28)(H,19,20,27)/b17-5+/t7-,8?,10-,13-/m1/s1. The summed E-state index contributed by atoms with van der Waals surface area (Å²) in [7, 11) is 4.61. The van der Waals surface area contributed by atoms with Gasteiger partial charge in [0.15, 0.2) is 17.4 Å². The van der Waals surface area contributed by atoms with Crippen molar-refractivity contribution < 1.29 is 19.7 Å². The Morgan fingerprint density at radius 2 is 2.20 bits per heavy atom. The molecule has 3 heterocycles. The summed E-state index contributed by atoms with van der Waals surface area (Å²) >= 11 is 0. The van der Waals surface area contributed by atoms with E-state index in [9.17, 15) is 24.7 Å². The number of hydrogen-bond acceptors (Lipinski definition) is 10. The zero-order valence-electron chi connectivity index (χ0n) is 16.3. The maximum atomic E-state index is 12.3. The molecule has 4 N–H and O–H groups in total. The number of ether oxygens (including phenoxy) is 1. The third-order valence-electron chi connectivity index (χ3n) is 4.36. The van der Waals surface area contributed by atoms with E-state index in [1.807, 2.05) is 0 Å². The highest BCUT2D eigenvalue weighted by molar-refractivity contribution is 5.74. The van der Waals surface area contributed by atoms with Crippen LogP contribution < -0.4 is 10.9 Å². The number of aliphatic hydroxyl groups is 2. The predicted molar refractivity (Wildman–Crippen MR) is 103 cm³/mol. The largest absolute Gasteiger partial charge is 0.394 e. The highest BCUT2D eigenvalue weighted by Gasteiger charge is 2.46. The van der Waals surface area contributed by atoms with Crippen molar-refractivity contribution in [3.8, 4) is 0 Å². The fourth-order valence-electron chi connectivity index (χ4n) is 2.90. The Morgan fingerprint density at radius 1 is 1.47 bits per heavy atom. The number of aromatic nitrogens is 4. The molecule has 4 atom stereocenters. The van der Waals surface area contributed by atoms with Gasteiger partial charge in [0.2, 0.25) is 5.95 Å². The smallest absolute Gasteiger partial charge is 0.340 e. The van der Waals surface area contributed by atoms with Crippen molar-refractivity contribution in [2.45, 2.75) is 24.5 Å². The molecule has 1 unspecified atom stereocenters. The Balaban J connectivity index is 2.03. The Labute approximate surface area is 168 Å². The molecular weight excluding hydrogens is 402 g/mol. The van der Waals surface area contributed by atoms with Gasteiger partial charge >= 0.3 is 6.03 Å². The monoisotopic (exact) mass is 423 g/mol. The third-order valence-corrected chi connectivity index (χ3v) is 4.36. The van der Waals surface area contributed by atoms with E-state index in [1.54, 1.807) is 19.0 Å². The average Bonchev–Trinajstić information content (AvgIpc) is 3.27. The summed E-state index contributed by atoms with van der Waals surface area (Å²) in [6.07, 6.45) is -0.765. The number of H-pyrrole nitrogens is 1. The highest BCUT2D eigenvalue weighted by Crippen LogP contribution is 2.31. The van der Waals surface area contributed by atoms with Crippen molar-refractivity contribution in [3.05, 3.63) is 21.6 Å². The van der Waals surface area contributed by atoms with Gasteiger partial charge in [-0.1, -0.05) is 0 Å². The van der Waals surface area contributed by atoms with Crippen molar-refractivity contribution in [2.75, 3.05) is 27.7 Å². The normalized spacial score (nSPS) is 23.8. The molecule has 0 radical (unpaired) electrons. The molecule has 3 rings (SSSR count). The zero-order chi connectivity index (χ0) is 22.0. The maximum Gasteiger partial charge on any atom is 0.340 e. The number of aliphatic hydroxyl groups excluding tert-OH is 2. The van der Waals surface area contributed by atoms with Crippen LogP contribution in [0.3, 0.4) is 0 Å². The average molecular weight is 423 g/mol. The van der Waals surface area contributed by atoms with Gasteiger partial charge in [0.25, 0.3) is 5.56 Å². The molecule has 15 heteroatoms. The van der Waals surface area contributed by atoms with Crippen LogP contribution in [0.15, 0.2) is 21.4 Å². The van der Waals surface area contributed by atoms with E-state index >= 15 is 0 Å². The molecule has 0 aliphatic carbocycles. The third kappa shape index (κ3) is 3.98. The minimum absolute atomic E-state index is 0.00526. The molecule has 0 spiro atoms. The quantitative estimate of drug-likeness (QED) is 0.181. The van der Waals surface area contributed by atoms with E-state index < -0.39 is 42.7 Å². The van der Waals surface area contributed by atoms with Crippen molar-refractivity contribution >= 4 is 29.5 Å². The van der Waals surface area contributed by atoms with Crippen LogP contribution in [0.1, 0.15) is 6.23 Å². The summed E-state index contributed by atoms with van der Waals surface area (Å²) in [5, 5.41) is 25.4. The second-order valence-electron chi connectivity index (χ2n) is 6.74. The van der Waals surface area contributed by atoms with E-state index in [0.717, 1.165) is 7.05 Å². The number of rotatable bonds is 6. The lowest BCUT2D eigenvalue weighted by atomic mass is 10.1. The molecule has 0 bridgehead atoms. The van der Waals surface area contributed by atoms with Crippen LogP contribution in [0, 0.1) is 4.91 Å². The van der Waals surface area contributed by atoms with Crippen LogP contribution in [-0.4, -0.2) is 98.0 Å². The van der Waals surface area contributed by atoms with Gasteiger partial charge in [0, 0.05) is 21.1 Å². The fourth-order valence-corrected chi connectivity index (χ4v) is 2.90. The van der Waals surface area contributed by atoms with Crippen molar-refractivity contribution in [2.24, 2.45) is 10.3 Å². The number of nitrogens with zero attached hydrogens (tertiary/aromatic N) is 7. The second-order valence-corrected chi connectivity index (χ2v) is 6.74. The number of nitroso groups, excluding NO2 is 1. The fraction of sp³-hybridized carbons (Fsp3) is 0.533. The van der Waals surface area contributed by atoms with Crippen molar-refractivity contribution in [1.82, 2.24) is 34.7 Å². The number of imidazole rings is 1. The number of aromatic amines is 1. The molecule has 0 saturated carbocycles. The summed E-state index contributed by atoms with van der Waals surface area (Å²) in [5.74, 6) is 0.00526. The lowest BCUT2D eigenvalue weighted by molar-refractivity contribution is -0.0440. The van der Waals surface area contributed by atoms with Gasteiger partial charge in [-0.15, -0.1) is 4.91 Å². The topological polar surface area (TPSA) is 191 Å². The van der Waals surface area contributed by atoms with Crippen molar-refractivity contribution in [3.63, 3.8) is 0 Å². The van der Waals surface area contributed by atoms with Crippen molar-refractivity contribution in [1.29, 1.82) is 0 Å². The summed E-state index contributed by atoms with van der Waals surface area (Å²) in [5.41, 5.74) is -0.477. The molecular formula is C15H21N9O6. The van der Waals surface area contributed by atoms with E-state index in [1.165, 1.54) is 17.2 Å². The first kappa shape index (κ1) is 21.3. The number of nitrogens with one attached hydrogen (secondary N) is 2. The van der Waals surface area contributed by atoms with Gasteiger partial charge in [-0.2, -0.15) is 9.99 Å². The first-order valence-electron chi connectivity index (χ1n) is 8.76. The van der Waals surface area contributed by atoms with E-state index in [2.05, 4.69) is 30.5 Å². The van der Waals surface area contributed by atoms with Gasteiger partial charge in [-0.25, -0.2) is 14.8 Å². The minimum Gasteiger partial charge on any atom is -0.394 e. The zero-order valence-corrected chi connectivity index (χ0v) is 16.3. The van der Waals surface area contributed by atoms with Gasteiger partial charge in [-0.3, -0.25) is 14.3 Å². The SMILES string of the molecule is CN(C)/C=N/c1nc2c(ncn2[C@@H]2O[C@H](CO)[C@@H](O)C2NC(=O)N(C)N=O)c(=O)[nH]1. The first-order chi connectivity index (χ1) is 14.3. The molecule has 2 aromatic rings. The number of fused-ring (bicyclic) bond motifs is 1. The molecule has 2 amide bonds. The summed E-state index contributed by atoms with van der Waals surface area (Å²) in [6, 6.07) is -2.00. The lowest BCUT2D eigenvalue weighted by Crippen LogP contribution is -2.49. The second kappa shape index (κ2) is 8.52. The molecule has 0 aromatic carbocycles. The van der Waals surface area contributed by atoms with Crippen LogP contribution in [0.25, 0.3) is 11.2 Å². The number of urea groups is 1. The summed E-state index contributed by atoms with van der Waals surface area (Å²) < 4.78 is 6.99. The molecule has 1 fully saturated rings. The summed E-state index contributed by atoms with van der Waals surface area (Å²) in [4.78, 5) is 51.5. The lowest BCUT2D eigenvalue weighted by Gasteiger charge is -2.23. The molecule has 1 aliphatic heterocycles. The molecule has 162 valence electrons. The minimum atomic E-state index is -1.32. The van der Waals surface area contributed by atoms with Gasteiger partial charge in [0.05, 0.1) is 24.6 Å². The first-order valence-corrected chi connectivity index (χ1v) is 8.76.